The molecule has 9 heteroatoms. The first-order valence-electron chi connectivity index (χ1n) is 18.0. The number of amides is 2. The summed E-state index contributed by atoms with van der Waals surface area (Å²) in [5.74, 6) is -1.79. The summed E-state index contributed by atoms with van der Waals surface area (Å²) in [4.78, 5) is 53.6. The van der Waals surface area contributed by atoms with Gasteiger partial charge in [0, 0.05) is 41.6 Å². The number of nitrogens with one attached hydrogen (secondary N) is 2. The third kappa shape index (κ3) is 8.20. The zero-order chi connectivity index (χ0) is 38.3. The van der Waals surface area contributed by atoms with Crippen molar-refractivity contribution in [3.8, 4) is 11.1 Å². The van der Waals surface area contributed by atoms with Crippen LogP contribution in [0.4, 0.5) is 4.79 Å². The predicted molar refractivity (Wildman–Crippen MR) is 206 cm³/mol. The van der Waals surface area contributed by atoms with Crippen LogP contribution < -0.4 is 10.6 Å². The van der Waals surface area contributed by atoms with Crippen molar-refractivity contribution in [1.29, 1.82) is 0 Å². The van der Waals surface area contributed by atoms with E-state index < -0.39 is 35.3 Å². The Bertz CT molecular complexity index is 2020. The molecule has 0 aromatic heterocycles. The van der Waals surface area contributed by atoms with Gasteiger partial charge < -0.3 is 24.8 Å². The lowest BCUT2D eigenvalue weighted by atomic mass is 9.79. The van der Waals surface area contributed by atoms with E-state index >= 15 is 0 Å². The summed E-state index contributed by atoms with van der Waals surface area (Å²) in [6, 6.07) is 40.0. The second-order valence-electron chi connectivity index (χ2n) is 14.1. The molecule has 9 nitrogen and oxygen atoms in total. The summed E-state index contributed by atoms with van der Waals surface area (Å²) in [6.45, 7) is 5.31. The van der Waals surface area contributed by atoms with Crippen LogP contribution in [0.1, 0.15) is 77.7 Å². The summed E-state index contributed by atoms with van der Waals surface area (Å²) in [5.41, 5.74) is 4.24. The maximum absolute atomic E-state index is 14.6. The van der Waals surface area contributed by atoms with E-state index in [0.29, 0.717) is 22.3 Å². The number of ether oxygens (including phenoxy) is 3. The number of carbonyl (C=O) groups is 4. The molecule has 5 aromatic carbocycles. The Morgan fingerprint density at radius 3 is 1.67 bits per heavy atom. The Labute approximate surface area is 315 Å². The van der Waals surface area contributed by atoms with Gasteiger partial charge in [-0.15, -0.1) is 0 Å². The molecular weight excluding hydrogens is 681 g/mol. The first-order chi connectivity index (χ1) is 26.0. The molecule has 0 saturated carbocycles. The number of rotatable bonds is 12. The minimum absolute atomic E-state index is 0.0311. The Morgan fingerprint density at radius 1 is 0.648 bits per heavy atom. The molecule has 0 unspecified atom stereocenters. The van der Waals surface area contributed by atoms with Crippen LogP contribution in [0.3, 0.4) is 0 Å². The van der Waals surface area contributed by atoms with Gasteiger partial charge in [-0.25, -0.2) is 9.59 Å². The Kier molecular flexibility index (Phi) is 11.3. The second-order valence-corrected chi connectivity index (χ2v) is 14.1. The van der Waals surface area contributed by atoms with Gasteiger partial charge in [-0.05, 0) is 61.6 Å². The minimum atomic E-state index is -1.52. The lowest BCUT2D eigenvalue weighted by molar-refractivity contribution is -0.158. The molecule has 6 rings (SSSR count). The fraction of sp³-hybridized carbons (Fsp3) is 0.244. The van der Waals surface area contributed by atoms with Gasteiger partial charge in [0.25, 0.3) is 5.91 Å². The van der Waals surface area contributed by atoms with Gasteiger partial charge in [-0.2, -0.15) is 0 Å². The van der Waals surface area contributed by atoms with E-state index in [-0.39, 0.29) is 31.3 Å². The molecule has 1 aliphatic carbocycles. The molecule has 0 saturated heterocycles. The van der Waals surface area contributed by atoms with E-state index in [4.69, 9.17) is 14.2 Å². The van der Waals surface area contributed by atoms with Gasteiger partial charge in [0.15, 0.2) is 5.60 Å². The van der Waals surface area contributed by atoms with Crippen molar-refractivity contribution in [3.05, 3.63) is 167 Å². The minimum Gasteiger partial charge on any atom is -0.460 e. The largest absolute Gasteiger partial charge is 0.460 e. The third-order valence-corrected chi connectivity index (χ3v) is 9.37. The summed E-state index contributed by atoms with van der Waals surface area (Å²) >= 11 is 0. The molecule has 2 amide bonds. The predicted octanol–water partition coefficient (Wildman–Crippen LogP) is 7.91. The van der Waals surface area contributed by atoms with E-state index in [9.17, 15) is 19.2 Å². The second kappa shape index (κ2) is 16.2. The molecule has 276 valence electrons. The summed E-state index contributed by atoms with van der Waals surface area (Å²) in [6.07, 6.45) is -1.12. The van der Waals surface area contributed by atoms with Gasteiger partial charge in [0.05, 0.1) is 0 Å². The van der Waals surface area contributed by atoms with E-state index in [1.807, 2.05) is 97.1 Å². The van der Waals surface area contributed by atoms with E-state index in [0.717, 1.165) is 22.3 Å². The van der Waals surface area contributed by atoms with Crippen LogP contribution in [0.15, 0.2) is 133 Å². The van der Waals surface area contributed by atoms with Crippen molar-refractivity contribution in [2.24, 2.45) is 0 Å². The zero-order valence-electron chi connectivity index (χ0n) is 30.8. The van der Waals surface area contributed by atoms with Crippen molar-refractivity contribution in [2.75, 3.05) is 13.7 Å². The van der Waals surface area contributed by atoms with Gasteiger partial charge in [-0.1, -0.05) is 121 Å². The normalized spacial score (nSPS) is 12.8. The van der Waals surface area contributed by atoms with Crippen LogP contribution in [-0.2, 0) is 29.4 Å². The van der Waals surface area contributed by atoms with Gasteiger partial charge in [0.1, 0.15) is 18.2 Å². The first-order valence-corrected chi connectivity index (χ1v) is 18.0. The van der Waals surface area contributed by atoms with Crippen LogP contribution in [0.25, 0.3) is 11.1 Å². The fourth-order valence-electron chi connectivity index (χ4n) is 6.93. The molecule has 0 aliphatic heterocycles. The lowest BCUT2D eigenvalue weighted by Crippen LogP contribution is -2.46. The molecule has 0 fully saturated rings. The number of hydrogen-bond donors (Lipinski definition) is 2. The highest BCUT2D eigenvalue weighted by Crippen LogP contribution is 2.45. The summed E-state index contributed by atoms with van der Waals surface area (Å²) in [5, 5.41) is 5.35. The molecule has 1 aliphatic rings. The fourth-order valence-corrected chi connectivity index (χ4v) is 6.93. The first kappa shape index (κ1) is 37.5. The highest BCUT2D eigenvalue weighted by molar-refractivity contribution is 5.94. The van der Waals surface area contributed by atoms with Crippen molar-refractivity contribution in [2.45, 2.75) is 56.8 Å². The summed E-state index contributed by atoms with van der Waals surface area (Å²) < 4.78 is 18.0. The van der Waals surface area contributed by atoms with Crippen LogP contribution in [-0.4, -0.2) is 49.2 Å². The van der Waals surface area contributed by atoms with Gasteiger partial charge in [0.2, 0.25) is 0 Å². The maximum Gasteiger partial charge on any atom is 0.407 e. The average Bonchev–Trinajstić information content (AvgIpc) is 3.50. The molecule has 5 aromatic rings. The van der Waals surface area contributed by atoms with Crippen molar-refractivity contribution in [3.63, 3.8) is 0 Å². The average molecular weight is 725 g/mol. The maximum atomic E-state index is 14.6. The number of hydrogen-bond acceptors (Lipinski definition) is 7. The van der Waals surface area contributed by atoms with Gasteiger partial charge >= 0.3 is 18.0 Å². The number of alkyl carbamates (subject to hydrolysis) is 1. The Hall–Kier alpha value is -6.22. The summed E-state index contributed by atoms with van der Waals surface area (Å²) in [7, 11) is 1.55. The van der Waals surface area contributed by atoms with Crippen molar-refractivity contribution < 1.29 is 33.4 Å². The smallest absolute Gasteiger partial charge is 0.407 e. The van der Waals surface area contributed by atoms with E-state index in [2.05, 4.69) is 22.8 Å². The van der Waals surface area contributed by atoms with Gasteiger partial charge in [-0.3, -0.25) is 9.59 Å². The molecule has 0 radical (unpaired) electrons. The Morgan fingerprint density at radius 2 is 1.15 bits per heavy atom. The highest BCUT2D eigenvalue weighted by atomic mass is 16.6. The van der Waals surface area contributed by atoms with Crippen molar-refractivity contribution in [1.82, 2.24) is 10.6 Å². The molecule has 1 atom stereocenters. The quantitative estimate of drug-likeness (QED) is 0.0763. The molecule has 0 bridgehead atoms. The molecule has 2 N–H and O–H groups in total. The lowest BCUT2D eigenvalue weighted by Gasteiger charge is -2.36. The number of fused-ring (bicyclic) bond motifs is 3. The molecular formula is C45H44N2O7. The molecule has 0 heterocycles. The Balaban J connectivity index is 1.32. The van der Waals surface area contributed by atoms with Crippen LogP contribution in [0, 0.1) is 0 Å². The van der Waals surface area contributed by atoms with E-state index in [1.54, 1.807) is 52.1 Å². The standard InChI is InChI=1S/C45H44N2O7/c1-44(2,3)53-40(48)28-27-39(47-43(51)52-29-38-36-21-13-11-19-34(36)35-20-12-14-22-37(35)38)42(50)54-45(31-15-7-5-8-16-31,32-17-9-6-10-18-32)33-25-23-30(24-26-33)41(49)46-4/h5-26,38-39H,27-29H2,1-4H3,(H,46,49)(H,47,51)/t39-/m1/s1. The number of carbonyl (C=O) groups excluding carboxylic acids is 4. The highest BCUT2D eigenvalue weighted by Gasteiger charge is 2.43. The van der Waals surface area contributed by atoms with Crippen molar-refractivity contribution >= 4 is 23.9 Å². The van der Waals surface area contributed by atoms with Crippen LogP contribution in [0.5, 0.6) is 0 Å². The number of benzene rings is 5. The monoisotopic (exact) mass is 724 g/mol. The topological polar surface area (TPSA) is 120 Å². The third-order valence-electron chi connectivity index (χ3n) is 9.37. The molecule has 54 heavy (non-hydrogen) atoms. The SMILES string of the molecule is CNC(=O)c1ccc(C(OC(=O)[C@@H](CCC(=O)OC(C)(C)C)NC(=O)OCC2c3ccccc3-c3ccccc32)(c2ccccc2)c2ccccc2)cc1. The number of esters is 2. The van der Waals surface area contributed by atoms with Crippen LogP contribution in [0.2, 0.25) is 0 Å². The zero-order valence-corrected chi connectivity index (χ0v) is 30.8. The molecule has 0 spiro atoms. The van der Waals surface area contributed by atoms with Crippen LogP contribution >= 0.6 is 0 Å². The van der Waals surface area contributed by atoms with E-state index in [1.165, 1.54) is 0 Å².